The number of hydrogen-bond acceptors (Lipinski definition) is 4. The molecule has 0 fully saturated rings. The van der Waals surface area contributed by atoms with Gasteiger partial charge >= 0.3 is 5.97 Å². The number of ether oxygens (including phenoxy) is 1. The molecular formula is C18H15N3O2. The highest BCUT2D eigenvalue weighted by Gasteiger charge is 2.15. The number of para-hydroxylation sites is 1. The Labute approximate surface area is 133 Å². The van der Waals surface area contributed by atoms with E-state index >= 15 is 0 Å². The summed E-state index contributed by atoms with van der Waals surface area (Å²) >= 11 is 0. The van der Waals surface area contributed by atoms with Gasteiger partial charge in [0.15, 0.2) is 6.10 Å². The second-order valence-electron chi connectivity index (χ2n) is 5.21. The first-order chi connectivity index (χ1) is 11.1. The molecule has 0 unspecified atom stereocenters. The molecule has 0 spiro atoms. The van der Waals surface area contributed by atoms with Crippen molar-refractivity contribution in [2.75, 3.05) is 0 Å². The van der Waals surface area contributed by atoms with Crippen molar-refractivity contribution >= 4 is 17.0 Å². The maximum atomic E-state index is 12.0. The van der Waals surface area contributed by atoms with E-state index in [1.165, 1.54) is 6.92 Å². The monoisotopic (exact) mass is 305 g/mol. The minimum Gasteiger partial charge on any atom is -0.444 e. The molecule has 1 aromatic heterocycles. The van der Waals surface area contributed by atoms with Crippen molar-refractivity contribution in [1.82, 2.24) is 9.55 Å². The van der Waals surface area contributed by atoms with Gasteiger partial charge < -0.3 is 4.74 Å². The van der Waals surface area contributed by atoms with Crippen LogP contribution < -0.4 is 0 Å². The molecule has 3 rings (SSSR count). The van der Waals surface area contributed by atoms with E-state index in [0.29, 0.717) is 11.1 Å². The number of nitriles is 1. The zero-order chi connectivity index (χ0) is 16.4. The van der Waals surface area contributed by atoms with Crippen LogP contribution in [0.15, 0.2) is 48.5 Å². The molecule has 23 heavy (non-hydrogen) atoms. The molecule has 5 heteroatoms. The van der Waals surface area contributed by atoms with Gasteiger partial charge in [0.25, 0.3) is 0 Å². The second kappa shape index (κ2) is 5.93. The topological polar surface area (TPSA) is 67.9 Å². The van der Waals surface area contributed by atoms with Gasteiger partial charge in [-0.1, -0.05) is 18.2 Å². The average Bonchev–Trinajstić information content (AvgIpc) is 2.90. The highest BCUT2D eigenvalue weighted by molar-refractivity contribution is 5.94. The van der Waals surface area contributed by atoms with Gasteiger partial charge in [-0.05, 0) is 44.2 Å². The Balaban J connectivity index is 2.03. The first kappa shape index (κ1) is 14.8. The lowest BCUT2D eigenvalue weighted by Crippen LogP contribution is -2.12. The quantitative estimate of drug-likeness (QED) is 0.695. The molecule has 114 valence electrons. The fourth-order valence-corrected chi connectivity index (χ4v) is 2.49. The van der Waals surface area contributed by atoms with Crippen LogP contribution in [-0.2, 0) is 4.74 Å². The fourth-order valence-electron chi connectivity index (χ4n) is 2.49. The maximum absolute atomic E-state index is 12.0. The van der Waals surface area contributed by atoms with Gasteiger partial charge in [0.2, 0.25) is 0 Å². The van der Waals surface area contributed by atoms with E-state index in [-0.39, 0.29) is 0 Å². The normalized spacial score (nSPS) is 11.9. The molecule has 0 saturated heterocycles. The molecule has 0 saturated carbocycles. The Hall–Kier alpha value is -3.13. The van der Waals surface area contributed by atoms with Crippen LogP contribution in [0.2, 0.25) is 0 Å². The summed E-state index contributed by atoms with van der Waals surface area (Å²) in [5.74, 6) is 0.315. The molecule has 0 aliphatic carbocycles. The van der Waals surface area contributed by atoms with Crippen LogP contribution in [0.4, 0.5) is 0 Å². The van der Waals surface area contributed by atoms with Crippen molar-refractivity contribution in [2.45, 2.75) is 20.0 Å². The molecule has 0 aliphatic rings. The number of carbonyl (C=O) groups excluding carboxylic acids is 1. The van der Waals surface area contributed by atoms with Crippen LogP contribution in [0, 0.1) is 18.3 Å². The lowest BCUT2D eigenvalue weighted by Gasteiger charge is -2.07. The number of nitrogens with zero attached hydrogens (tertiary/aromatic N) is 3. The van der Waals surface area contributed by atoms with Crippen LogP contribution >= 0.6 is 0 Å². The molecule has 1 heterocycles. The summed E-state index contributed by atoms with van der Waals surface area (Å²) in [5.41, 5.74) is 3.03. The lowest BCUT2D eigenvalue weighted by atomic mass is 10.2. The molecule has 2 aromatic carbocycles. The minimum atomic E-state index is -0.776. The maximum Gasteiger partial charge on any atom is 0.339 e. The van der Waals surface area contributed by atoms with Gasteiger partial charge in [-0.3, -0.25) is 4.57 Å². The summed E-state index contributed by atoms with van der Waals surface area (Å²) in [6.07, 6.45) is -0.776. The van der Waals surface area contributed by atoms with Crippen LogP contribution in [-0.4, -0.2) is 21.6 Å². The van der Waals surface area contributed by atoms with Crippen LogP contribution in [0.1, 0.15) is 23.1 Å². The predicted octanol–water partition coefficient (Wildman–Crippen LogP) is 3.40. The largest absolute Gasteiger partial charge is 0.444 e. The van der Waals surface area contributed by atoms with Crippen molar-refractivity contribution in [1.29, 1.82) is 5.26 Å². The fraction of sp³-hybridized carbons (Fsp3) is 0.167. The Kier molecular flexibility index (Phi) is 3.82. The summed E-state index contributed by atoms with van der Waals surface area (Å²) in [4.78, 5) is 16.5. The highest BCUT2D eigenvalue weighted by atomic mass is 16.5. The summed E-state index contributed by atoms with van der Waals surface area (Å²) in [6, 6.07) is 17.0. The number of rotatable bonds is 3. The summed E-state index contributed by atoms with van der Waals surface area (Å²) < 4.78 is 7.05. The van der Waals surface area contributed by atoms with E-state index in [0.717, 1.165) is 17.0 Å². The van der Waals surface area contributed by atoms with Gasteiger partial charge in [-0.25, -0.2) is 9.78 Å². The molecule has 0 radical (unpaired) electrons. The third kappa shape index (κ3) is 2.79. The highest BCUT2D eigenvalue weighted by Crippen LogP contribution is 2.22. The summed E-state index contributed by atoms with van der Waals surface area (Å²) in [7, 11) is 0. The first-order valence-corrected chi connectivity index (χ1v) is 7.25. The van der Waals surface area contributed by atoms with E-state index in [9.17, 15) is 4.79 Å². The SMILES string of the molecule is Cc1nc2cc(C(=O)O[C@H](C)C#N)ccc2n1-c1ccccc1. The third-order valence-electron chi connectivity index (χ3n) is 3.54. The van der Waals surface area contributed by atoms with Crippen LogP contribution in [0.25, 0.3) is 16.7 Å². The van der Waals surface area contributed by atoms with Crippen molar-refractivity contribution in [2.24, 2.45) is 0 Å². The molecule has 0 amide bonds. The summed E-state index contributed by atoms with van der Waals surface area (Å²) in [5, 5.41) is 8.73. The van der Waals surface area contributed by atoms with Crippen molar-refractivity contribution in [3.63, 3.8) is 0 Å². The van der Waals surface area contributed by atoms with Gasteiger partial charge in [0.05, 0.1) is 16.6 Å². The van der Waals surface area contributed by atoms with Crippen molar-refractivity contribution in [3.05, 3.63) is 59.9 Å². The van der Waals surface area contributed by atoms with E-state index in [2.05, 4.69) is 4.98 Å². The standard InChI is InChI=1S/C18H15N3O2/c1-12(11-19)23-18(22)14-8-9-17-16(10-14)20-13(2)21(17)15-6-4-3-5-7-15/h3-10,12H,1-2H3/t12-/m1/s1. The van der Waals surface area contributed by atoms with E-state index in [1.54, 1.807) is 12.1 Å². The molecule has 0 aliphatic heterocycles. The zero-order valence-electron chi connectivity index (χ0n) is 12.9. The number of fused-ring (bicyclic) bond motifs is 1. The molecule has 1 atom stereocenters. The number of carbonyl (C=O) groups is 1. The van der Waals surface area contributed by atoms with Crippen LogP contribution in [0.5, 0.6) is 0 Å². The number of imidazole rings is 1. The Morgan fingerprint density at radius 2 is 2.00 bits per heavy atom. The second-order valence-corrected chi connectivity index (χ2v) is 5.21. The summed E-state index contributed by atoms with van der Waals surface area (Å²) in [6.45, 7) is 3.45. The van der Waals surface area contributed by atoms with Gasteiger partial charge in [0.1, 0.15) is 11.9 Å². The number of aryl methyl sites for hydroxylation is 1. The van der Waals surface area contributed by atoms with Gasteiger partial charge in [-0.2, -0.15) is 5.26 Å². The molecule has 3 aromatic rings. The molecule has 0 N–H and O–H groups in total. The van der Waals surface area contributed by atoms with E-state index in [4.69, 9.17) is 10.00 Å². The number of benzene rings is 2. The molecule has 5 nitrogen and oxygen atoms in total. The van der Waals surface area contributed by atoms with Gasteiger partial charge in [0, 0.05) is 5.69 Å². The number of aromatic nitrogens is 2. The van der Waals surface area contributed by atoms with Crippen LogP contribution in [0.3, 0.4) is 0 Å². The van der Waals surface area contributed by atoms with Crippen molar-refractivity contribution < 1.29 is 9.53 Å². The molecule has 0 bridgehead atoms. The third-order valence-corrected chi connectivity index (χ3v) is 3.54. The minimum absolute atomic E-state index is 0.386. The predicted molar refractivity (Wildman–Crippen MR) is 86.3 cm³/mol. The Morgan fingerprint density at radius 1 is 1.26 bits per heavy atom. The van der Waals surface area contributed by atoms with E-state index in [1.807, 2.05) is 54.0 Å². The first-order valence-electron chi connectivity index (χ1n) is 7.25. The number of hydrogen-bond donors (Lipinski definition) is 0. The zero-order valence-corrected chi connectivity index (χ0v) is 12.9. The number of esters is 1. The Bertz CT molecular complexity index is 907. The average molecular weight is 305 g/mol. The van der Waals surface area contributed by atoms with E-state index < -0.39 is 12.1 Å². The smallest absolute Gasteiger partial charge is 0.339 e. The molecular weight excluding hydrogens is 290 g/mol. The van der Waals surface area contributed by atoms with Gasteiger partial charge in [-0.15, -0.1) is 0 Å². The Morgan fingerprint density at radius 3 is 2.70 bits per heavy atom. The lowest BCUT2D eigenvalue weighted by molar-refractivity contribution is 0.0435. The van der Waals surface area contributed by atoms with Crippen molar-refractivity contribution in [3.8, 4) is 11.8 Å².